The van der Waals surface area contributed by atoms with Crippen LogP contribution in [-0.2, 0) is 10.8 Å². The molecular weight excluding hydrogens is 1960 g/mol. The van der Waals surface area contributed by atoms with Crippen LogP contribution in [0.2, 0.25) is 0 Å². The van der Waals surface area contributed by atoms with Crippen LogP contribution >= 0.6 is 61.3 Å². The Morgan fingerprint density at radius 1 is 0.213 bits per heavy atom. The van der Waals surface area contributed by atoms with Crippen molar-refractivity contribution in [2.24, 2.45) is 0 Å². The summed E-state index contributed by atoms with van der Waals surface area (Å²) in [6.45, 7) is 9.70. The van der Waals surface area contributed by atoms with Gasteiger partial charge in [0.05, 0.1) is 64.9 Å². The number of fused-ring (bicyclic) bond motifs is 42. The Labute approximate surface area is 885 Å². The number of hydrogen-bond donors (Lipinski definition) is 1. The molecule has 0 amide bonds. The van der Waals surface area contributed by atoms with E-state index in [0.29, 0.717) is 13.4 Å². The van der Waals surface area contributed by atoms with E-state index in [0.717, 1.165) is 15.8 Å². The topological polar surface area (TPSA) is 49.2 Å². The van der Waals surface area contributed by atoms with Crippen molar-refractivity contribution in [1.82, 2.24) is 18.3 Å². The van der Waals surface area contributed by atoms with Crippen LogP contribution in [0.3, 0.4) is 0 Å². The Bertz CT molecular complexity index is 11600. The van der Waals surface area contributed by atoms with Gasteiger partial charge in [-0.2, -0.15) is 0 Å². The van der Waals surface area contributed by atoms with E-state index in [1.165, 1.54) is 300 Å². The van der Waals surface area contributed by atoms with E-state index in [2.05, 4.69) is 468 Å². The molecule has 32 aromatic rings. The van der Waals surface area contributed by atoms with E-state index in [-0.39, 0.29) is 10.8 Å². The zero-order valence-electron chi connectivity index (χ0n) is 81.8. The van der Waals surface area contributed by atoms with Crippen LogP contribution in [0.4, 0.5) is 0 Å². The number of hydrogen-bond acceptors (Lipinski definition) is 6. The van der Waals surface area contributed by atoms with E-state index in [1.807, 2.05) is 64.3 Å². The summed E-state index contributed by atoms with van der Waals surface area (Å²) in [6.07, 6.45) is 0. The molecule has 0 saturated heterocycles. The summed E-state index contributed by atoms with van der Waals surface area (Å²) in [5.74, 6) is 0.651. The lowest BCUT2D eigenvalue weighted by Crippen LogP contribution is -2.15. The van der Waals surface area contributed by atoms with E-state index >= 15 is 0 Å². The predicted octanol–water partition coefficient (Wildman–Crippen LogP) is 39.8. The smallest absolute Gasteiger partial charge is 0.537 e. The van der Waals surface area contributed by atoms with Crippen LogP contribution in [0.25, 0.3) is 289 Å². The Morgan fingerprint density at radius 3 is 0.947 bits per heavy atom. The molecule has 0 saturated carbocycles. The first-order valence-corrected chi connectivity index (χ1v) is 55.3. The second-order valence-corrected chi connectivity index (χ2v) is 46.8. The summed E-state index contributed by atoms with van der Waals surface area (Å²) in [5.41, 5.74) is 27.4. The van der Waals surface area contributed by atoms with Crippen LogP contribution in [0.15, 0.2) is 441 Å². The highest BCUT2D eigenvalue weighted by molar-refractivity contribution is 9.10. The molecule has 703 valence electrons. The van der Waals surface area contributed by atoms with Crippen molar-refractivity contribution in [1.29, 1.82) is 0 Å². The number of rotatable bonds is 7. The SMILES string of the molecule is CC1(C)c2cc3c4ccccc4c4ccccc4c3cc2-c2cc3c(cc21)c1cc(-c2ccc4sc5ccccc5c4c2)ccc1n3-c1ccc2c(c1)c1ccccc1n2-c1cccc2c1sc1ccccc12.CC1(C)c2cc3c4ccccc4c4ccccc4c3cc2-c2cc3c(cc21)c1cc(Br)ccc1n3-c1ccc2c(c1)c1ccccc1n2-c1cccc2c1sc1ccccc12.O[B]Oc1ccc2sc3ccccc3c2c1. The molecule has 8 heterocycles. The van der Waals surface area contributed by atoms with Gasteiger partial charge >= 0.3 is 7.69 Å². The van der Waals surface area contributed by atoms with Crippen molar-refractivity contribution in [3.05, 3.63) is 464 Å². The highest BCUT2D eigenvalue weighted by Gasteiger charge is 2.40. The van der Waals surface area contributed by atoms with Crippen LogP contribution in [0, 0.1) is 0 Å². The maximum absolute atomic E-state index is 8.61. The van der Waals surface area contributed by atoms with Crippen molar-refractivity contribution >= 4 is 302 Å². The lowest BCUT2D eigenvalue weighted by Gasteiger charge is -2.22. The molecule has 34 rings (SSSR count). The number of nitrogens with zero attached hydrogens (tertiary/aromatic N) is 4. The first-order chi connectivity index (χ1) is 73.7. The molecule has 1 radical (unpaired) electrons. The van der Waals surface area contributed by atoms with Gasteiger partial charge in [-0.25, -0.2) is 0 Å². The maximum atomic E-state index is 8.61. The number of halogens is 1. The second kappa shape index (κ2) is 32.4. The Kier molecular flexibility index (Phi) is 18.6. The molecule has 2 aliphatic carbocycles. The molecule has 0 bridgehead atoms. The fourth-order valence-electron chi connectivity index (χ4n) is 26.3. The highest BCUT2D eigenvalue weighted by atomic mass is 79.9. The van der Waals surface area contributed by atoms with E-state index in [9.17, 15) is 0 Å². The van der Waals surface area contributed by atoms with Gasteiger partial charge in [0.2, 0.25) is 0 Å². The van der Waals surface area contributed by atoms with Gasteiger partial charge in [0.15, 0.2) is 0 Å². The molecule has 2 aliphatic rings. The standard InChI is InChI=1S/C69H42N2S2.C57H35BrN2S.C12H8BO2S/c1-69(2)58-36-51-45-17-6-4-15-43(45)42-14-3-5-16-44(42)50(51)35-52(58)53-38-64-56(37-59(53)69)54-32-39(40-27-31-67-57(33-40)48-20-9-11-24-65(48)72-67)26-29-61(54)70(64)41-28-30-62-55(34-41)46-18-7-10-22-60(46)71(62)63-23-13-21-49-47-19-8-12-25-66(47)73-68(49)63;1-57(2)48-29-42-37-15-6-4-13-35(37)34-12-3-5-14-36(34)41(42)28-43(48)44-31-54-47(30-49(44)57)45-26-32(58)22-24-51(45)59(54)33-23-25-52-46(27-33)38-16-7-9-19-50(38)60(52)53-20-11-18-40-39-17-8-10-21-55(39)61-56(40)53;14-13-15-8-5-6-12-10(7-8)9-3-1-2-4-11(9)16-12/h3-38H,1-2H3;3-31H,1-2H3;1-7,14H. The van der Waals surface area contributed by atoms with Crippen LogP contribution in [-0.4, -0.2) is 31.0 Å². The minimum absolute atomic E-state index is 0.182. The maximum Gasteiger partial charge on any atom is 0.569 e. The number of para-hydroxylation sites is 2. The average Bonchev–Trinajstić information content (AvgIpc) is 1.52. The van der Waals surface area contributed by atoms with Gasteiger partial charge in [0.1, 0.15) is 5.75 Å². The summed E-state index contributed by atoms with van der Waals surface area (Å²) in [4.78, 5) is 0. The number of benzene rings is 24. The Morgan fingerprint density at radius 2 is 0.507 bits per heavy atom. The van der Waals surface area contributed by atoms with E-state index in [1.54, 1.807) is 11.3 Å². The molecule has 0 atom stereocenters. The zero-order valence-corrected chi connectivity index (χ0v) is 86.7. The van der Waals surface area contributed by atoms with Gasteiger partial charge in [-0.1, -0.05) is 286 Å². The third-order valence-electron chi connectivity index (χ3n) is 33.1. The minimum atomic E-state index is -0.227. The molecule has 6 nitrogen and oxygen atoms in total. The fraction of sp³-hybridized carbons (Fsp3) is 0.0435. The summed E-state index contributed by atoms with van der Waals surface area (Å²) >= 11 is 11.3. The molecule has 0 fully saturated rings. The highest BCUT2D eigenvalue weighted by Crippen LogP contribution is 2.58. The molecule has 8 aromatic heterocycles. The summed E-state index contributed by atoms with van der Waals surface area (Å²) in [6, 6.07) is 163. The largest absolute Gasteiger partial charge is 0.569 e. The van der Waals surface area contributed by atoms with Gasteiger partial charge in [-0.05, 0) is 314 Å². The number of thiophene rings is 4. The summed E-state index contributed by atoms with van der Waals surface area (Å²) in [5, 5.41) is 44.7. The third-order valence-corrected chi connectivity index (χ3v) is 38.3. The lowest BCUT2D eigenvalue weighted by molar-refractivity contribution is 0.454. The quantitative estimate of drug-likeness (QED) is 0.128. The average molecular weight is 2050 g/mol. The van der Waals surface area contributed by atoms with E-state index in [4.69, 9.17) is 9.68 Å². The zero-order chi connectivity index (χ0) is 99.1. The van der Waals surface area contributed by atoms with Crippen molar-refractivity contribution in [3.63, 3.8) is 0 Å². The molecule has 12 heteroatoms. The minimum Gasteiger partial charge on any atom is -0.537 e. The molecule has 0 unspecified atom stereocenters. The van der Waals surface area contributed by atoms with Crippen LogP contribution < -0.4 is 4.65 Å². The molecule has 0 spiro atoms. The van der Waals surface area contributed by atoms with Crippen molar-refractivity contribution in [2.45, 2.75) is 38.5 Å². The normalized spacial score (nSPS) is 13.2. The van der Waals surface area contributed by atoms with Crippen molar-refractivity contribution in [2.75, 3.05) is 0 Å². The Hall–Kier alpha value is -16.8. The molecular formula is C138H85BBrN4O2S4. The summed E-state index contributed by atoms with van der Waals surface area (Å²) in [7, 11) is 0.704. The predicted molar refractivity (Wildman–Crippen MR) is 650 cm³/mol. The Balaban J connectivity index is 0.000000116. The van der Waals surface area contributed by atoms with Gasteiger partial charge in [-0.3, -0.25) is 0 Å². The second-order valence-electron chi connectivity index (χ2n) is 41.6. The third kappa shape index (κ3) is 12.5. The number of aromatic nitrogens is 4. The van der Waals surface area contributed by atoms with Crippen LogP contribution in [0.5, 0.6) is 5.75 Å². The molecule has 150 heavy (non-hydrogen) atoms. The fourth-order valence-corrected chi connectivity index (χ4v) is 31.2. The van der Waals surface area contributed by atoms with Crippen molar-refractivity contribution in [3.8, 4) is 61.9 Å². The van der Waals surface area contributed by atoms with Gasteiger partial charge < -0.3 is 27.9 Å². The van der Waals surface area contributed by atoms with Gasteiger partial charge in [-0.15, -0.1) is 45.3 Å². The van der Waals surface area contributed by atoms with Crippen LogP contribution in [0.1, 0.15) is 49.9 Å². The molecule has 0 aliphatic heterocycles. The molecule has 1 N–H and O–H groups in total. The first kappa shape index (κ1) is 86.4. The first-order valence-electron chi connectivity index (χ1n) is 51.3. The van der Waals surface area contributed by atoms with Gasteiger partial charge in [0.25, 0.3) is 0 Å². The van der Waals surface area contributed by atoms with Gasteiger partial charge in [0, 0.05) is 141 Å². The summed E-state index contributed by atoms with van der Waals surface area (Å²) < 4.78 is 26.5. The van der Waals surface area contributed by atoms with Crippen molar-refractivity contribution < 1.29 is 9.68 Å². The molecule has 24 aromatic carbocycles. The lowest BCUT2D eigenvalue weighted by atomic mass is 9.81. The monoisotopic (exact) mass is 2050 g/mol. The van der Waals surface area contributed by atoms with E-state index < -0.39 is 0 Å².